The van der Waals surface area contributed by atoms with Crippen molar-refractivity contribution >= 4 is 5.91 Å². The molecule has 0 aromatic rings. The highest BCUT2D eigenvalue weighted by Crippen LogP contribution is 2.38. The van der Waals surface area contributed by atoms with Crippen molar-refractivity contribution in [2.24, 2.45) is 5.41 Å². The van der Waals surface area contributed by atoms with Crippen LogP contribution in [0.25, 0.3) is 0 Å². The van der Waals surface area contributed by atoms with Gasteiger partial charge in [0, 0.05) is 25.0 Å². The Morgan fingerprint density at radius 3 is 2.47 bits per heavy atom. The Hall–Kier alpha value is -0.610. The highest BCUT2D eigenvalue weighted by atomic mass is 16.2. The second-order valence-electron chi connectivity index (χ2n) is 5.48. The molecule has 4 nitrogen and oxygen atoms in total. The third-order valence-corrected chi connectivity index (χ3v) is 3.49. The lowest BCUT2D eigenvalue weighted by molar-refractivity contribution is -0.143. The molecule has 0 aliphatic carbocycles. The van der Waals surface area contributed by atoms with Gasteiger partial charge in [-0.3, -0.25) is 4.79 Å². The highest BCUT2D eigenvalue weighted by Gasteiger charge is 2.48. The minimum absolute atomic E-state index is 0.278. The minimum Gasteiger partial charge on any atom is -0.340 e. The van der Waals surface area contributed by atoms with Gasteiger partial charge >= 0.3 is 0 Å². The van der Waals surface area contributed by atoms with E-state index in [-0.39, 0.29) is 5.91 Å². The maximum atomic E-state index is 11.7. The van der Waals surface area contributed by atoms with E-state index >= 15 is 0 Å². The largest absolute Gasteiger partial charge is 0.340 e. The van der Waals surface area contributed by atoms with Gasteiger partial charge in [-0.15, -0.1) is 0 Å². The van der Waals surface area contributed by atoms with Crippen molar-refractivity contribution in [2.75, 3.05) is 53.9 Å². The number of nitrogens with zero attached hydrogens (tertiary/aromatic N) is 3. The zero-order valence-corrected chi connectivity index (χ0v) is 9.99. The summed E-state index contributed by atoms with van der Waals surface area (Å²) in [6.07, 6.45) is 1.26. The second-order valence-corrected chi connectivity index (χ2v) is 5.48. The number of carbonyl (C=O) groups excluding carboxylic acids is 1. The minimum atomic E-state index is 0.278. The maximum absolute atomic E-state index is 11.7. The van der Waals surface area contributed by atoms with E-state index in [1.807, 2.05) is 23.9 Å². The van der Waals surface area contributed by atoms with Gasteiger partial charge in [0.15, 0.2) is 0 Å². The quantitative estimate of drug-likeness (QED) is 0.628. The van der Waals surface area contributed by atoms with E-state index in [2.05, 4.69) is 11.9 Å². The molecule has 86 valence electrons. The van der Waals surface area contributed by atoms with Crippen molar-refractivity contribution in [1.29, 1.82) is 0 Å². The Balaban J connectivity index is 1.80. The van der Waals surface area contributed by atoms with E-state index in [0.29, 0.717) is 12.0 Å². The van der Waals surface area contributed by atoms with Crippen molar-refractivity contribution in [3.05, 3.63) is 0 Å². The lowest BCUT2D eigenvalue weighted by Crippen LogP contribution is -2.60. The molecule has 0 aromatic carbocycles. The SMILES string of the molecule is CN(C)CC(=O)N1CC2(CCN(C)C2)C1. The Bertz CT molecular complexity index is 259. The van der Waals surface area contributed by atoms with Crippen molar-refractivity contribution in [2.45, 2.75) is 6.42 Å². The van der Waals surface area contributed by atoms with Gasteiger partial charge in [0.05, 0.1) is 6.54 Å². The molecule has 0 bridgehead atoms. The molecule has 2 heterocycles. The fourth-order valence-electron chi connectivity index (χ4n) is 2.73. The predicted molar refractivity (Wildman–Crippen MR) is 59.7 cm³/mol. The van der Waals surface area contributed by atoms with Crippen molar-refractivity contribution in [1.82, 2.24) is 14.7 Å². The van der Waals surface area contributed by atoms with E-state index < -0.39 is 0 Å². The molecular formula is C11H21N3O. The summed E-state index contributed by atoms with van der Waals surface area (Å²) in [5.41, 5.74) is 0.441. The molecule has 0 radical (unpaired) electrons. The average Bonchev–Trinajstić information content (AvgIpc) is 2.43. The summed E-state index contributed by atoms with van der Waals surface area (Å²) < 4.78 is 0. The van der Waals surface area contributed by atoms with E-state index in [9.17, 15) is 4.79 Å². The molecule has 0 atom stereocenters. The molecule has 0 saturated carbocycles. The topological polar surface area (TPSA) is 26.8 Å². The van der Waals surface area contributed by atoms with Gasteiger partial charge in [-0.05, 0) is 34.1 Å². The summed E-state index contributed by atoms with van der Waals surface area (Å²) >= 11 is 0. The number of likely N-dealkylation sites (N-methyl/N-ethyl adjacent to an activating group) is 1. The summed E-state index contributed by atoms with van der Waals surface area (Å²) in [4.78, 5) is 18.0. The number of hydrogen-bond acceptors (Lipinski definition) is 3. The second kappa shape index (κ2) is 3.76. The van der Waals surface area contributed by atoms with Crippen LogP contribution in [0.5, 0.6) is 0 Å². The first-order valence-corrected chi connectivity index (χ1v) is 5.62. The summed E-state index contributed by atoms with van der Waals surface area (Å²) in [6, 6.07) is 0. The summed E-state index contributed by atoms with van der Waals surface area (Å²) in [5, 5.41) is 0. The third-order valence-electron chi connectivity index (χ3n) is 3.49. The number of hydrogen-bond donors (Lipinski definition) is 0. The van der Waals surface area contributed by atoms with E-state index in [0.717, 1.165) is 13.1 Å². The summed E-state index contributed by atoms with van der Waals surface area (Å²) in [6.45, 7) is 4.86. The standard InChI is InChI=1S/C11H21N3O/c1-12(2)6-10(15)14-8-11(9-14)4-5-13(3)7-11/h4-9H2,1-3H3. The first-order chi connectivity index (χ1) is 7.01. The summed E-state index contributed by atoms with van der Waals surface area (Å²) in [5.74, 6) is 0.278. The van der Waals surface area contributed by atoms with Crippen molar-refractivity contribution in [3.63, 3.8) is 0 Å². The number of rotatable bonds is 2. The smallest absolute Gasteiger partial charge is 0.236 e. The van der Waals surface area contributed by atoms with Gasteiger partial charge in [0.2, 0.25) is 5.91 Å². The van der Waals surface area contributed by atoms with Crippen LogP contribution in [0.2, 0.25) is 0 Å². The highest BCUT2D eigenvalue weighted by molar-refractivity contribution is 5.79. The average molecular weight is 211 g/mol. The molecule has 2 aliphatic heterocycles. The molecule has 2 aliphatic rings. The molecule has 1 amide bonds. The van der Waals surface area contributed by atoms with Crippen LogP contribution in [0.4, 0.5) is 0 Å². The molecular weight excluding hydrogens is 190 g/mol. The Kier molecular flexibility index (Phi) is 2.73. The van der Waals surface area contributed by atoms with Crippen molar-refractivity contribution < 1.29 is 4.79 Å². The van der Waals surface area contributed by atoms with Gasteiger partial charge in [0.1, 0.15) is 0 Å². The van der Waals surface area contributed by atoms with E-state index in [4.69, 9.17) is 0 Å². The first-order valence-electron chi connectivity index (χ1n) is 5.62. The van der Waals surface area contributed by atoms with Gasteiger partial charge in [-0.1, -0.05) is 0 Å². The fourth-order valence-corrected chi connectivity index (χ4v) is 2.73. The van der Waals surface area contributed by atoms with Crippen LogP contribution in [0.15, 0.2) is 0 Å². The van der Waals surface area contributed by atoms with Crippen LogP contribution in [-0.4, -0.2) is 74.5 Å². The zero-order valence-electron chi connectivity index (χ0n) is 9.99. The van der Waals surface area contributed by atoms with Gasteiger partial charge < -0.3 is 14.7 Å². The molecule has 2 rings (SSSR count). The fraction of sp³-hybridized carbons (Fsp3) is 0.909. The molecule has 0 aromatic heterocycles. The van der Waals surface area contributed by atoms with Crippen LogP contribution >= 0.6 is 0 Å². The van der Waals surface area contributed by atoms with E-state index in [1.165, 1.54) is 19.5 Å². The Labute approximate surface area is 91.8 Å². The van der Waals surface area contributed by atoms with Crippen LogP contribution in [0.3, 0.4) is 0 Å². The van der Waals surface area contributed by atoms with Crippen LogP contribution < -0.4 is 0 Å². The molecule has 2 fully saturated rings. The van der Waals surface area contributed by atoms with Crippen LogP contribution in [-0.2, 0) is 4.79 Å². The Morgan fingerprint density at radius 2 is 2.00 bits per heavy atom. The van der Waals surface area contributed by atoms with Gasteiger partial charge in [-0.25, -0.2) is 0 Å². The summed E-state index contributed by atoms with van der Waals surface area (Å²) in [7, 11) is 6.05. The molecule has 4 heteroatoms. The van der Waals surface area contributed by atoms with Gasteiger partial charge in [0.25, 0.3) is 0 Å². The maximum Gasteiger partial charge on any atom is 0.236 e. The van der Waals surface area contributed by atoms with Crippen LogP contribution in [0, 0.1) is 5.41 Å². The zero-order chi connectivity index (χ0) is 11.1. The molecule has 0 unspecified atom stereocenters. The van der Waals surface area contributed by atoms with Crippen LogP contribution in [0.1, 0.15) is 6.42 Å². The monoisotopic (exact) mass is 211 g/mol. The molecule has 15 heavy (non-hydrogen) atoms. The number of likely N-dealkylation sites (tertiary alicyclic amines) is 2. The third kappa shape index (κ3) is 2.16. The number of carbonyl (C=O) groups is 1. The lowest BCUT2D eigenvalue weighted by Gasteiger charge is -2.48. The number of amides is 1. The molecule has 1 spiro atoms. The van der Waals surface area contributed by atoms with E-state index in [1.54, 1.807) is 0 Å². The molecule has 0 N–H and O–H groups in total. The Morgan fingerprint density at radius 1 is 1.33 bits per heavy atom. The lowest BCUT2D eigenvalue weighted by atomic mass is 9.79. The van der Waals surface area contributed by atoms with Gasteiger partial charge in [-0.2, -0.15) is 0 Å². The first kappa shape index (κ1) is 10.9. The normalized spacial score (nSPS) is 24.9. The van der Waals surface area contributed by atoms with Crippen molar-refractivity contribution in [3.8, 4) is 0 Å². The molecule has 2 saturated heterocycles. The predicted octanol–water partition coefficient (Wildman–Crippen LogP) is -0.288.